The van der Waals surface area contributed by atoms with Gasteiger partial charge in [-0.2, -0.15) is 0 Å². The van der Waals surface area contributed by atoms with E-state index in [4.69, 9.17) is 6.48 Å². The number of amides is 1. The number of carbonyl (C=O) groups is 2. The number of aliphatic carboxylic acids is 1. The summed E-state index contributed by atoms with van der Waals surface area (Å²) in [6.07, 6.45) is 0. The van der Waals surface area contributed by atoms with Crippen LogP contribution in [0.3, 0.4) is 0 Å². The third-order valence-electron chi connectivity index (χ3n) is 1.25. The van der Waals surface area contributed by atoms with E-state index in [2.05, 4.69) is 5.32 Å². The van der Waals surface area contributed by atoms with Crippen molar-refractivity contribution >= 4 is 11.9 Å². The summed E-state index contributed by atoms with van der Waals surface area (Å²) in [6, 6.07) is -0.886. The van der Waals surface area contributed by atoms with Gasteiger partial charge in [0.25, 0.3) is 0 Å². The first-order valence-corrected chi connectivity index (χ1v) is 3.30. The summed E-state index contributed by atoms with van der Waals surface area (Å²) in [5.74, 6) is -1.79. The van der Waals surface area contributed by atoms with Gasteiger partial charge in [0.1, 0.15) is 6.04 Å². The number of carboxylic acid groups (broad SMARTS) is 1. The summed E-state index contributed by atoms with van der Waals surface area (Å²) >= 11 is 0. The van der Waals surface area contributed by atoms with Crippen LogP contribution in [0.15, 0.2) is 0 Å². The van der Waals surface area contributed by atoms with Crippen molar-refractivity contribution in [1.29, 1.82) is 0 Å². The number of carbonyl (C=O) groups excluding carboxylic acids is 1. The number of hydrogen-bond acceptors (Lipinski definition) is 2. The van der Waals surface area contributed by atoms with Crippen molar-refractivity contribution in [3.8, 4) is 0 Å². The van der Waals surface area contributed by atoms with Crippen LogP contribution >= 0.6 is 0 Å². The van der Waals surface area contributed by atoms with Crippen LogP contribution in [-0.2, 0) is 9.59 Å². The van der Waals surface area contributed by atoms with Crippen LogP contribution in [-0.4, -0.2) is 23.0 Å². The highest BCUT2D eigenvalue weighted by atomic mass is 16.4. The van der Waals surface area contributed by atoms with Gasteiger partial charge in [0.2, 0.25) is 5.91 Å². The highest BCUT2D eigenvalue weighted by Crippen LogP contribution is 2.00. The van der Waals surface area contributed by atoms with Crippen LogP contribution in [0.1, 0.15) is 22.1 Å². The van der Waals surface area contributed by atoms with Gasteiger partial charge in [-0.1, -0.05) is 13.8 Å². The molecule has 4 heteroatoms. The Bertz CT molecular complexity index is 181. The zero-order valence-corrected chi connectivity index (χ0v) is 6.63. The van der Waals surface area contributed by atoms with E-state index in [-0.39, 0.29) is 5.92 Å². The maximum absolute atomic E-state index is 10.7. The van der Waals surface area contributed by atoms with E-state index in [1.165, 1.54) is 0 Å². The molecule has 0 aliphatic heterocycles. The largest absolute Gasteiger partial charge is 0.480 e. The van der Waals surface area contributed by atoms with Gasteiger partial charge in [-0.05, 0) is 5.92 Å². The van der Waals surface area contributed by atoms with Crippen LogP contribution in [0.2, 0.25) is 0 Å². The molecule has 0 rings (SSSR count). The lowest BCUT2D eigenvalue weighted by Crippen LogP contribution is -2.43. The molecule has 2 N–H and O–H groups in total. The first-order chi connectivity index (χ1) is 5.49. The quantitative estimate of drug-likeness (QED) is 0.621. The van der Waals surface area contributed by atoms with Crippen molar-refractivity contribution in [1.82, 2.24) is 5.32 Å². The van der Waals surface area contributed by atoms with E-state index in [1.807, 2.05) is 0 Å². The normalized spacial score (nSPS) is 13.9. The molecule has 1 atom stereocenters. The number of nitrogens with one attached hydrogen (secondary N) is 1. The molecule has 0 aromatic heterocycles. The fourth-order valence-electron chi connectivity index (χ4n) is 0.687. The molecule has 0 aliphatic rings. The van der Waals surface area contributed by atoms with E-state index < -0.39 is 24.8 Å². The summed E-state index contributed by atoms with van der Waals surface area (Å²) in [4.78, 5) is 21.2. The standard InChI is InChI=1S/C7H13NO3/c1-4(2)6(7(10)11)8-5(3)9/h4,6H,1-3H3,(H,8,9)(H,10,11)/t6-/m0/s1/i3D. The molecule has 0 fully saturated rings. The molecule has 0 saturated carbocycles. The lowest BCUT2D eigenvalue weighted by atomic mass is 10.1. The Hall–Kier alpha value is -1.06. The summed E-state index contributed by atoms with van der Waals surface area (Å²) in [5, 5.41) is 10.9. The van der Waals surface area contributed by atoms with Crippen molar-refractivity contribution in [2.75, 3.05) is 0 Å². The van der Waals surface area contributed by atoms with Crippen LogP contribution in [0.4, 0.5) is 0 Å². The second kappa shape index (κ2) is 3.95. The Labute approximate surface area is 67.0 Å². The molecule has 11 heavy (non-hydrogen) atoms. The lowest BCUT2D eigenvalue weighted by molar-refractivity contribution is -0.142. The predicted molar refractivity (Wildman–Crippen MR) is 40.1 cm³/mol. The van der Waals surface area contributed by atoms with Gasteiger partial charge >= 0.3 is 5.97 Å². The molecule has 0 aromatic rings. The van der Waals surface area contributed by atoms with E-state index in [0.29, 0.717) is 0 Å². The average Bonchev–Trinajstić information content (AvgIpc) is 1.98. The van der Waals surface area contributed by atoms with Gasteiger partial charge < -0.3 is 10.4 Å². The Morgan fingerprint density at radius 3 is 2.36 bits per heavy atom. The maximum atomic E-state index is 10.7. The molecule has 0 heterocycles. The summed E-state index contributed by atoms with van der Waals surface area (Å²) < 4.78 is 6.68. The molecule has 0 spiro atoms. The minimum atomic E-state index is -1.06. The van der Waals surface area contributed by atoms with Gasteiger partial charge in [-0.3, -0.25) is 4.79 Å². The summed E-state index contributed by atoms with van der Waals surface area (Å²) in [6.45, 7) is 2.96. The topological polar surface area (TPSA) is 66.4 Å². The third kappa shape index (κ3) is 3.60. The van der Waals surface area contributed by atoms with Crippen molar-refractivity contribution < 1.29 is 16.1 Å². The molecule has 0 aliphatic carbocycles. The SMILES string of the molecule is [2H]CC(=O)N[C@H](C(=O)O)C(C)C. The molecule has 1 amide bonds. The van der Waals surface area contributed by atoms with Crippen LogP contribution < -0.4 is 5.32 Å². The van der Waals surface area contributed by atoms with Crippen LogP contribution in [0.5, 0.6) is 0 Å². The summed E-state index contributed by atoms with van der Waals surface area (Å²) in [5.41, 5.74) is 0. The minimum absolute atomic E-state index is 0.169. The molecular weight excluding hydrogens is 146 g/mol. The van der Waals surface area contributed by atoms with E-state index in [1.54, 1.807) is 13.8 Å². The Kier molecular flexibility index (Phi) is 2.89. The zero-order chi connectivity index (χ0) is 9.72. The molecule has 0 bridgehead atoms. The summed E-state index contributed by atoms with van der Waals surface area (Å²) in [7, 11) is 0. The van der Waals surface area contributed by atoms with Gasteiger partial charge in [-0.15, -0.1) is 0 Å². The maximum Gasteiger partial charge on any atom is 0.326 e. The highest BCUT2D eigenvalue weighted by Gasteiger charge is 2.21. The van der Waals surface area contributed by atoms with Crippen LogP contribution in [0.25, 0.3) is 0 Å². The average molecular weight is 160 g/mol. The van der Waals surface area contributed by atoms with E-state index >= 15 is 0 Å². The van der Waals surface area contributed by atoms with Crippen molar-refractivity contribution in [3.05, 3.63) is 0 Å². The van der Waals surface area contributed by atoms with E-state index in [9.17, 15) is 9.59 Å². The van der Waals surface area contributed by atoms with Gasteiger partial charge in [0, 0.05) is 8.27 Å². The molecular formula is C7H13NO3. The molecule has 64 valence electrons. The number of rotatable bonds is 3. The highest BCUT2D eigenvalue weighted by molar-refractivity contribution is 5.82. The molecule has 4 nitrogen and oxygen atoms in total. The Balaban J connectivity index is 4.14. The molecule has 0 radical (unpaired) electrons. The molecule has 0 aromatic carbocycles. The molecule has 0 unspecified atom stereocenters. The lowest BCUT2D eigenvalue weighted by Gasteiger charge is -2.16. The second-order valence-electron chi connectivity index (χ2n) is 2.63. The van der Waals surface area contributed by atoms with Crippen LogP contribution in [0, 0.1) is 5.92 Å². The van der Waals surface area contributed by atoms with E-state index in [0.717, 1.165) is 0 Å². The molecule has 0 saturated heterocycles. The monoisotopic (exact) mass is 160 g/mol. The van der Waals surface area contributed by atoms with Gasteiger partial charge in [0.05, 0.1) is 0 Å². The van der Waals surface area contributed by atoms with Crippen molar-refractivity contribution in [3.63, 3.8) is 0 Å². The zero-order valence-electron chi connectivity index (χ0n) is 7.63. The first kappa shape index (κ1) is 8.04. The third-order valence-corrected chi connectivity index (χ3v) is 1.25. The van der Waals surface area contributed by atoms with Gasteiger partial charge in [0.15, 0.2) is 0 Å². The smallest absolute Gasteiger partial charge is 0.326 e. The van der Waals surface area contributed by atoms with Crippen molar-refractivity contribution in [2.24, 2.45) is 5.92 Å². The number of hydrogen-bond donors (Lipinski definition) is 2. The van der Waals surface area contributed by atoms with Gasteiger partial charge in [-0.25, -0.2) is 4.79 Å². The number of carboxylic acids is 1. The second-order valence-corrected chi connectivity index (χ2v) is 2.63. The van der Waals surface area contributed by atoms with Crippen molar-refractivity contribution in [2.45, 2.75) is 26.8 Å². The predicted octanol–water partition coefficient (Wildman–Crippen LogP) is 0.232. The Morgan fingerprint density at radius 2 is 2.09 bits per heavy atom. The minimum Gasteiger partial charge on any atom is -0.480 e. The fourth-order valence-corrected chi connectivity index (χ4v) is 0.687. The first-order valence-electron chi connectivity index (χ1n) is 4.01. The fraction of sp³-hybridized carbons (Fsp3) is 0.714. The Morgan fingerprint density at radius 1 is 1.55 bits per heavy atom.